The number of ether oxygens (including phenoxy) is 2. The highest BCUT2D eigenvalue weighted by molar-refractivity contribution is 6.06. The molecule has 0 aromatic heterocycles. The van der Waals surface area contributed by atoms with Gasteiger partial charge in [-0.05, 0) is 79.6 Å². The van der Waals surface area contributed by atoms with Crippen molar-refractivity contribution in [3.63, 3.8) is 0 Å². The molecule has 234 valence electrons. The Labute approximate surface area is 261 Å². The Morgan fingerprint density at radius 3 is 2.39 bits per heavy atom. The van der Waals surface area contributed by atoms with E-state index in [-0.39, 0.29) is 11.8 Å². The third kappa shape index (κ3) is 9.07. The largest absolute Gasteiger partial charge is 0.494 e. The fourth-order valence-corrected chi connectivity index (χ4v) is 5.88. The molecule has 3 aromatic rings. The van der Waals surface area contributed by atoms with Gasteiger partial charge in [0.2, 0.25) is 0 Å². The van der Waals surface area contributed by atoms with Gasteiger partial charge in [-0.15, -0.1) is 0 Å². The molecule has 8 nitrogen and oxygen atoms in total. The Morgan fingerprint density at radius 1 is 0.909 bits per heavy atom. The second kappa shape index (κ2) is 16.3. The van der Waals surface area contributed by atoms with Crippen molar-refractivity contribution in [2.75, 3.05) is 69.3 Å². The molecule has 0 spiro atoms. The summed E-state index contributed by atoms with van der Waals surface area (Å²) in [6.07, 6.45) is 5.29. The van der Waals surface area contributed by atoms with Crippen LogP contribution in [0.2, 0.25) is 0 Å². The van der Waals surface area contributed by atoms with Gasteiger partial charge in [0, 0.05) is 56.2 Å². The van der Waals surface area contributed by atoms with Crippen LogP contribution in [0.15, 0.2) is 72.8 Å². The van der Waals surface area contributed by atoms with E-state index < -0.39 is 0 Å². The van der Waals surface area contributed by atoms with Crippen molar-refractivity contribution in [2.24, 2.45) is 5.92 Å². The van der Waals surface area contributed by atoms with Gasteiger partial charge >= 0.3 is 0 Å². The molecular weight excluding hydrogens is 552 g/mol. The van der Waals surface area contributed by atoms with Crippen LogP contribution >= 0.6 is 0 Å². The lowest BCUT2D eigenvalue weighted by atomic mass is 9.89. The summed E-state index contributed by atoms with van der Waals surface area (Å²) in [4.78, 5) is 31.3. The van der Waals surface area contributed by atoms with Crippen LogP contribution in [-0.2, 0) is 11.2 Å². The lowest BCUT2D eigenvalue weighted by molar-refractivity contribution is 0.0383. The molecule has 2 heterocycles. The Kier molecular flexibility index (Phi) is 11.7. The third-order valence-electron chi connectivity index (χ3n) is 8.52. The molecule has 3 aromatic carbocycles. The fraction of sp³-hybridized carbons (Fsp3) is 0.444. The van der Waals surface area contributed by atoms with Crippen LogP contribution in [0.4, 0.5) is 11.4 Å². The van der Waals surface area contributed by atoms with E-state index in [1.807, 2.05) is 30.3 Å². The number of rotatable bonds is 13. The average Bonchev–Trinajstić information content (AvgIpc) is 3.06. The van der Waals surface area contributed by atoms with E-state index in [0.29, 0.717) is 35.9 Å². The topological polar surface area (TPSA) is 83.1 Å². The van der Waals surface area contributed by atoms with Gasteiger partial charge in [0.05, 0.1) is 25.4 Å². The minimum atomic E-state index is -0.224. The van der Waals surface area contributed by atoms with Crippen molar-refractivity contribution in [3.05, 3.63) is 89.5 Å². The summed E-state index contributed by atoms with van der Waals surface area (Å²) >= 11 is 0. The molecule has 0 saturated carbocycles. The van der Waals surface area contributed by atoms with Crippen LogP contribution in [0.25, 0.3) is 0 Å². The SMILES string of the molecule is CCCCOc1ccc(C(=O)Nc2ccc(N3CCC(Cc4ccccc4)CC3)c(C(=O)NCCN3CCOCC3)c2)cc1. The standard InChI is InChI=1S/C36H46N4O4/c1-2-3-23-44-32-12-9-30(10-13-32)35(41)38-31-11-14-34(33(27-31)36(42)37-17-20-39-21-24-43-25-22-39)40-18-15-29(16-19-40)26-28-7-5-4-6-8-28/h4-14,27,29H,2-3,15-26H2,1H3,(H,37,42)(H,38,41). The molecule has 0 unspecified atom stereocenters. The molecular formula is C36H46N4O4. The molecule has 2 amide bonds. The number of amides is 2. The van der Waals surface area contributed by atoms with E-state index in [2.05, 4.69) is 57.7 Å². The van der Waals surface area contributed by atoms with Crippen LogP contribution in [-0.4, -0.2) is 75.8 Å². The Hall–Kier alpha value is -3.88. The summed E-state index contributed by atoms with van der Waals surface area (Å²) < 4.78 is 11.2. The van der Waals surface area contributed by atoms with Gasteiger partial charge in [0.25, 0.3) is 11.8 Å². The molecule has 2 saturated heterocycles. The van der Waals surface area contributed by atoms with Gasteiger partial charge in [-0.1, -0.05) is 43.7 Å². The first-order chi connectivity index (χ1) is 21.6. The van der Waals surface area contributed by atoms with Crippen molar-refractivity contribution in [1.82, 2.24) is 10.2 Å². The molecule has 0 aliphatic carbocycles. The van der Waals surface area contributed by atoms with Crippen LogP contribution in [0, 0.1) is 5.92 Å². The number of piperidine rings is 1. The third-order valence-corrected chi connectivity index (χ3v) is 8.52. The minimum Gasteiger partial charge on any atom is -0.494 e. The molecule has 2 fully saturated rings. The maximum Gasteiger partial charge on any atom is 0.255 e. The van der Waals surface area contributed by atoms with Crippen LogP contribution in [0.5, 0.6) is 5.75 Å². The predicted molar refractivity (Wildman–Crippen MR) is 176 cm³/mol. The second-order valence-corrected chi connectivity index (χ2v) is 11.7. The zero-order valence-corrected chi connectivity index (χ0v) is 25.9. The van der Waals surface area contributed by atoms with Crippen molar-refractivity contribution < 1.29 is 19.1 Å². The summed E-state index contributed by atoms with van der Waals surface area (Å²) in [5, 5.41) is 6.13. The number of benzene rings is 3. The van der Waals surface area contributed by atoms with E-state index in [0.717, 1.165) is 89.5 Å². The number of hydrogen-bond acceptors (Lipinski definition) is 6. The first-order valence-electron chi connectivity index (χ1n) is 16.1. The van der Waals surface area contributed by atoms with Gasteiger partial charge in [-0.2, -0.15) is 0 Å². The Morgan fingerprint density at radius 2 is 1.66 bits per heavy atom. The summed E-state index contributed by atoms with van der Waals surface area (Å²) in [6.45, 7) is 9.13. The summed E-state index contributed by atoms with van der Waals surface area (Å²) in [7, 11) is 0. The monoisotopic (exact) mass is 598 g/mol. The lowest BCUT2D eigenvalue weighted by Crippen LogP contribution is -2.41. The summed E-state index contributed by atoms with van der Waals surface area (Å²) in [5.74, 6) is 1.03. The minimum absolute atomic E-state index is 0.121. The highest BCUT2D eigenvalue weighted by Crippen LogP contribution is 2.30. The number of anilines is 2. The van der Waals surface area contributed by atoms with E-state index in [1.165, 1.54) is 5.56 Å². The summed E-state index contributed by atoms with van der Waals surface area (Å²) in [5.41, 5.74) is 4.02. The number of nitrogens with one attached hydrogen (secondary N) is 2. The van der Waals surface area contributed by atoms with Gasteiger partial charge in [-0.3, -0.25) is 14.5 Å². The van der Waals surface area contributed by atoms with Gasteiger partial charge in [0.1, 0.15) is 5.75 Å². The maximum atomic E-state index is 13.6. The van der Waals surface area contributed by atoms with Gasteiger partial charge < -0.3 is 25.0 Å². The normalized spacial score (nSPS) is 16.0. The second-order valence-electron chi connectivity index (χ2n) is 11.7. The Bertz CT molecular complexity index is 1330. The molecule has 0 atom stereocenters. The molecule has 44 heavy (non-hydrogen) atoms. The highest BCUT2D eigenvalue weighted by atomic mass is 16.5. The van der Waals surface area contributed by atoms with Crippen LogP contribution in [0.3, 0.4) is 0 Å². The predicted octanol–water partition coefficient (Wildman–Crippen LogP) is 5.64. The molecule has 5 rings (SSSR count). The molecule has 2 N–H and O–H groups in total. The van der Waals surface area contributed by atoms with Crippen LogP contribution in [0.1, 0.15) is 58.9 Å². The smallest absolute Gasteiger partial charge is 0.255 e. The first-order valence-corrected chi connectivity index (χ1v) is 16.1. The average molecular weight is 599 g/mol. The van der Waals surface area contributed by atoms with Gasteiger partial charge in [-0.25, -0.2) is 0 Å². The maximum absolute atomic E-state index is 13.6. The fourth-order valence-electron chi connectivity index (χ4n) is 5.88. The molecule has 8 heteroatoms. The molecule has 0 radical (unpaired) electrons. The number of carbonyl (C=O) groups excluding carboxylic acids is 2. The molecule has 2 aliphatic heterocycles. The molecule has 0 bridgehead atoms. The van der Waals surface area contributed by atoms with Crippen molar-refractivity contribution >= 4 is 23.2 Å². The zero-order valence-electron chi connectivity index (χ0n) is 25.9. The van der Waals surface area contributed by atoms with E-state index in [9.17, 15) is 9.59 Å². The van der Waals surface area contributed by atoms with Crippen molar-refractivity contribution in [1.29, 1.82) is 0 Å². The number of carbonyl (C=O) groups is 2. The van der Waals surface area contributed by atoms with E-state index in [1.54, 1.807) is 12.1 Å². The number of morpholine rings is 1. The van der Waals surface area contributed by atoms with E-state index >= 15 is 0 Å². The van der Waals surface area contributed by atoms with Gasteiger partial charge in [0.15, 0.2) is 0 Å². The lowest BCUT2D eigenvalue weighted by Gasteiger charge is -2.35. The number of unbranched alkanes of at least 4 members (excludes halogenated alkanes) is 1. The molecule has 2 aliphatic rings. The van der Waals surface area contributed by atoms with Crippen molar-refractivity contribution in [2.45, 2.75) is 39.0 Å². The first kappa shape index (κ1) is 31.5. The highest BCUT2D eigenvalue weighted by Gasteiger charge is 2.24. The number of nitrogens with zero attached hydrogens (tertiary/aromatic N) is 2. The van der Waals surface area contributed by atoms with Crippen molar-refractivity contribution in [3.8, 4) is 5.75 Å². The Balaban J connectivity index is 1.25. The van der Waals surface area contributed by atoms with Crippen LogP contribution < -0.4 is 20.3 Å². The zero-order chi connectivity index (χ0) is 30.6. The van der Waals surface area contributed by atoms with E-state index in [4.69, 9.17) is 9.47 Å². The quantitative estimate of drug-likeness (QED) is 0.248. The number of hydrogen-bond donors (Lipinski definition) is 2. The summed E-state index contributed by atoms with van der Waals surface area (Å²) in [6, 6.07) is 23.5.